The molecular weight excluding hydrogens is 170 g/mol. The maximum atomic E-state index is 10.3. The van der Waals surface area contributed by atoms with E-state index in [0.29, 0.717) is 5.56 Å². The number of aryl methyl sites for hydroxylation is 1. The van der Waals surface area contributed by atoms with Crippen LogP contribution in [0, 0.1) is 10.1 Å². The third kappa shape index (κ3) is 1.32. The summed E-state index contributed by atoms with van der Waals surface area (Å²) in [6, 6.07) is 0. The van der Waals surface area contributed by atoms with Gasteiger partial charge in [0.2, 0.25) is 0 Å². The van der Waals surface area contributed by atoms with Crippen molar-refractivity contribution in [3.05, 3.63) is 21.9 Å². The topological polar surface area (TPSA) is 61.0 Å². The molecule has 1 aromatic rings. The van der Waals surface area contributed by atoms with Crippen molar-refractivity contribution in [1.29, 1.82) is 0 Å². The first-order valence-corrected chi connectivity index (χ1v) is 3.41. The smallest absolute Gasteiger partial charge is 0.349 e. The van der Waals surface area contributed by atoms with Gasteiger partial charge < -0.3 is 10.1 Å². The van der Waals surface area contributed by atoms with Gasteiger partial charge in [-0.1, -0.05) is 5.10 Å². The van der Waals surface area contributed by atoms with Crippen LogP contribution >= 0.6 is 11.6 Å². The van der Waals surface area contributed by atoms with Gasteiger partial charge in [-0.05, 0) is 4.92 Å². The summed E-state index contributed by atoms with van der Waals surface area (Å²) in [5.41, 5.74) is 0.444. The molecule has 0 amide bonds. The Morgan fingerprint density at radius 3 is 2.91 bits per heavy atom. The normalized spacial score (nSPS) is 10.0. The van der Waals surface area contributed by atoms with Crippen molar-refractivity contribution in [2.24, 2.45) is 7.05 Å². The maximum Gasteiger partial charge on any atom is 0.349 e. The SMILES string of the molecule is Cn1ncc(CCl)c1[N+](=O)[O-]. The molecule has 0 saturated carbocycles. The van der Waals surface area contributed by atoms with Crippen LogP contribution in [0.1, 0.15) is 5.56 Å². The highest BCUT2D eigenvalue weighted by molar-refractivity contribution is 6.17. The number of halogens is 1. The molecule has 0 aliphatic rings. The number of hydrogen-bond donors (Lipinski definition) is 0. The van der Waals surface area contributed by atoms with Crippen molar-refractivity contribution in [2.75, 3.05) is 0 Å². The molecule has 1 rings (SSSR count). The molecule has 5 nitrogen and oxygen atoms in total. The summed E-state index contributed by atoms with van der Waals surface area (Å²) in [6.07, 6.45) is 1.39. The lowest BCUT2D eigenvalue weighted by Gasteiger charge is -1.93. The molecule has 0 saturated heterocycles. The molecule has 1 aromatic heterocycles. The second kappa shape index (κ2) is 2.87. The van der Waals surface area contributed by atoms with Crippen LogP contribution in [-0.2, 0) is 12.9 Å². The molecule has 0 unspecified atom stereocenters. The Labute approximate surface area is 67.7 Å². The fourth-order valence-electron chi connectivity index (χ4n) is 0.806. The lowest BCUT2D eigenvalue weighted by atomic mass is 10.4. The van der Waals surface area contributed by atoms with Crippen molar-refractivity contribution in [2.45, 2.75) is 5.88 Å². The van der Waals surface area contributed by atoms with Gasteiger partial charge in [-0.15, -0.1) is 16.3 Å². The van der Waals surface area contributed by atoms with Gasteiger partial charge in [-0.2, -0.15) is 0 Å². The van der Waals surface area contributed by atoms with Crippen LogP contribution in [0.2, 0.25) is 0 Å². The number of nitrogens with zero attached hydrogens (tertiary/aromatic N) is 3. The summed E-state index contributed by atoms with van der Waals surface area (Å²) >= 11 is 5.43. The van der Waals surface area contributed by atoms with Gasteiger partial charge in [0.25, 0.3) is 0 Å². The number of aromatic nitrogens is 2. The van der Waals surface area contributed by atoms with Gasteiger partial charge in [-0.3, -0.25) is 0 Å². The Hall–Kier alpha value is -1.10. The zero-order valence-electron chi connectivity index (χ0n) is 5.82. The minimum absolute atomic E-state index is 0.0417. The fraction of sp³-hybridized carbons (Fsp3) is 0.400. The highest BCUT2D eigenvalue weighted by atomic mass is 35.5. The van der Waals surface area contributed by atoms with Gasteiger partial charge in [0.1, 0.15) is 7.05 Å². The number of nitro groups is 1. The fourth-order valence-corrected chi connectivity index (χ4v) is 0.995. The van der Waals surface area contributed by atoms with Gasteiger partial charge in [0.05, 0.1) is 17.6 Å². The zero-order valence-corrected chi connectivity index (χ0v) is 6.58. The van der Waals surface area contributed by atoms with E-state index in [1.54, 1.807) is 0 Å². The Morgan fingerprint density at radius 1 is 1.91 bits per heavy atom. The first kappa shape index (κ1) is 8.00. The van der Waals surface area contributed by atoms with Crippen molar-refractivity contribution in [3.63, 3.8) is 0 Å². The minimum Gasteiger partial charge on any atom is -0.358 e. The van der Waals surface area contributed by atoms with Gasteiger partial charge in [0, 0.05) is 0 Å². The quantitative estimate of drug-likeness (QED) is 0.384. The average Bonchev–Trinajstić information content (AvgIpc) is 2.30. The molecule has 0 aromatic carbocycles. The van der Waals surface area contributed by atoms with E-state index in [0.717, 1.165) is 0 Å². The first-order chi connectivity index (χ1) is 5.16. The molecule has 0 radical (unpaired) electrons. The monoisotopic (exact) mass is 175 g/mol. The molecule has 60 valence electrons. The molecule has 0 spiro atoms. The van der Waals surface area contributed by atoms with Gasteiger partial charge in [0.15, 0.2) is 0 Å². The maximum absolute atomic E-state index is 10.3. The van der Waals surface area contributed by atoms with E-state index in [4.69, 9.17) is 11.6 Å². The molecule has 0 bridgehead atoms. The van der Waals surface area contributed by atoms with Gasteiger partial charge in [-0.25, -0.2) is 0 Å². The van der Waals surface area contributed by atoms with E-state index in [-0.39, 0.29) is 11.7 Å². The largest absolute Gasteiger partial charge is 0.358 e. The summed E-state index contributed by atoms with van der Waals surface area (Å²) in [6.45, 7) is 0. The van der Waals surface area contributed by atoms with Crippen LogP contribution in [0.4, 0.5) is 5.82 Å². The molecule has 0 aliphatic carbocycles. The van der Waals surface area contributed by atoms with E-state index < -0.39 is 4.92 Å². The van der Waals surface area contributed by atoms with Crippen molar-refractivity contribution < 1.29 is 4.92 Å². The number of alkyl halides is 1. The van der Waals surface area contributed by atoms with Gasteiger partial charge >= 0.3 is 5.82 Å². The van der Waals surface area contributed by atoms with Crippen LogP contribution in [0.25, 0.3) is 0 Å². The van der Waals surface area contributed by atoms with Crippen LogP contribution in [0.3, 0.4) is 0 Å². The van der Waals surface area contributed by atoms with E-state index >= 15 is 0 Å². The third-order valence-electron chi connectivity index (χ3n) is 1.30. The third-order valence-corrected chi connectivity index (χ3v) is 1.59. The van der Waals surface area contributed by atoms with E-state index in [1.165, 1.54) is 17.9 Å². The van der Waals surface area contributed by atoms with Crippen LogP contribution in [0.5, 0.6) is 0 Å². The summed E-state index contributed by atoms with van der Waals surface area (Å²) < 4.78 is 1.19. The number of hydrogen-bond acceptors (Lipinski definition) is 3. The first-order valence-electron chi connectivity index (χ1n) is 2.88. The Bertz CT molecular complexity index is 283. The van der Waals surface area contributed by atoms with Crippen molar-refractivity contribution >= 4 is 17.4 Å². The van der Waals surface area contributed by atoms with Crippen LogP contribution in [0.15, 0.2) is 6.20 Å². The Balaban J connectivity index is 3.17. The molecule has 0 aliphatic heterocycles. The predicted octanol–water partition coefficient (Wildman–Crippen LogP) is 1.07. The van der Waals surface area contributed by atoms with Crippen molar-refractivity contribution in [3.8, 4) is 0 Å². The lowest BCUT2D eigenvalue weighted by Crippen LogP contribution is -1.99. The highest BCUT2D eigenvalue weighted by Gasteiger charge is 2.17. The average molecular weight is 176 g/mol. The molecule has 11 heavy (non-hydrogen) atoms. The van der Waals surface area contributed by atoms with Crippen LogP contribution < -0.4 is 0 Å². The number of rotatable bonds is 2. The van der Waals surface area contributed by atoms with E-state index in [2.05, 4.69) is 5.10 Å². The summed E-state index contributed by atoms with van der Waals surface area (Å²) in [5, 5.41) is 14.0. The molecular formula is C5H6ClN3O2. The van der Waals surface area contributed by atoms with E-state index in [1.807, 2.05) is 0 Å². The molecule has 0 N–H and O–H groups in total. The molecule has 0 atom stereocenters. The Kier molecular flexibility index (Phi) is 2.09. The Morgan fingerprint density at radius 2 is 2.55 bits per heavy atom. The van der Waals surface area contributed by atoms with Crippen LogP contribution in [-0.4, -0.2) is 14.7 Å². The highest BCUT2D eigenvalue weighted by Crippen LogP contribution is 2.17. The second-order valence-corrected chi connectivity index (χ2v) is 2.28. The molecule has 1 heterocycles. The lowest BCUT2D eigenvalue weighted by molar-refractivity contribution is -0.392. The van der Waals surface area contributed by atoms with E-state index in [9.17, 15) is 10.1 Å². The predicted molar refractivity (Wildman–Crippen MR) is 39.4 cm³/mol. The summed E-state index contributed by atoms with van der Waals surface area (Å²) in [4.78, 5) is 9.85. The molecule has 6 heteroatoms. The van der Waals surface area contributed by atoms with Crippen molar-refractivity contribution in [1.82, 2.24) is 9.78 Å². The second-order valence-electron chi connectivity index (χ2n) is 2.01. The molecule has 0 fully saturated rings. The summed E-state index contributed by atoms with van der Waals surface area (Å²) in [5.74, 6) is 0.0736. The summed E-state index contributed by atoms with van der Waals surface area (Å²) in [7, 11) is 1.51. The standard InChI is InChI=1S/C5H6ClN3O2/c1-8-5(9(10)11)4(2-6)3-7-8/h3H,2H2,1H3. The minimum atomic E-state index is -0.495. The zero-order chi connectivity index (χ0) is 8.43.